The number of rotatable bonds is 3. The lowest BCUT2D eigenvalue weighted by Gasteiger charge is -2.28. The van der Waals surface area contributed by atoms with E-state index in [0.29, 0.717) is 6.54 Å². The molecule has 13 heteroatoms. The van der Waals surface area contributed by atoms with E-state index in [2.05, 4.69) is 11.0 Å². The van der Waals surface area contributed by atoms with Gasteiger partial charge in [-0.15, -0.1) is 11.3 Å². The number of nitrogens with zero attached hydrogens (tertiary/aromatic N) is 5. The number of pyridine rings is 1. The first kappa shape index (κ1) is 24.9. The number of hydrogen-bond donors (Lipinski definition) is 1. The van der Waals surface area contributed by atoms with Gasteiger partial charge in [0.2, 0.25) is 0 Å². The molecule has 9 nitrogen and oxygen atoms in total. The van der Waals surface area contributed by atoms with Crippen LogP contribution in [-0.2, 0) is 9.53 Å². The Morgan fingerprint density at radius 3 is 2.51 bits per heavy atom. The van der Waals surface area contributed by atoms with E-state index in [4.69, 9.17) is 24.7 Å². The average molecular weight is 512 g/mol. The van der Waals surface area contributed by atoms with Crippen LogP contribution >= 0.6 is 11.3 Å². The Labute approximate surface area is 202 Å². The molecule has 2 aliphatic heterocycles. The van der Waals surface area contributed by atoms with Crippen molar-refractivity contribution in [2.75, 3.05) is 44.3 Å². The maximum Gasteiger partial charge on any atom is 0.490 e. The number of aliphatic carboxylic acids is 1. The summed E-state index contributed by atoms with van der Waals surface area (Å²) < 4.78 is 39.0. The molecule has 2 fully saturated rings. The van der Waals surface area contributed by atoms with Crippen molar-refractivity contribution in [3.63, 3.8) is 0 Å². The Morgan fingerprint density at radius 1 is 1.17 bits per heavy atom. The Bertz CT molecular complexity index is 1210. The molecule has 5 rings (SSSR count). The zero-order valence-corrected chi connectivity index (χ0v) is 19.7. The second-order valence-corrected chi connectivity index (χ2v) is 9.15. The summed E-state index contributed by atoms with van der Waals surface area (Å²) in [4.78, 5) is 31.5. The number of likely N-dealkylation sites (tertiary alicyclic amines) is 1. The normalized spacial score (nSPS) is 18.5. The van der Waals surface area contributed by atoms with Crippen molar-refractivity contribution in [3.8, 4) is 0 Å². The fourth-order valence-corrected chi connectivity index (χ4v) is 4.85. The summed E-state index contributed by atoms with van der Waals surface area (Å²) in [5, 5.41) is 13.8. The van der Waals surface area contributed by atoms with E-state index in [-0.39, 0.29) is 11.8 Å². The minimum Gasteiger partial charge on any atom is -0.475 e. The number of anilines is 1. The molecule has 0 bridgehead atoms. The highest BCUT2D eigenvalue weighted by Gasteiger charge is 2.38. The summed E-state index contributed by atoms with van der Waals surface area (Å²) in [6.07, 6.45) is -2.13. The van der Waals surface area contributed by atoms with Gasteiger partial charge < -0.3 is 19.6 Å². The predicted molar refractivity (Wildman–Crippen MR) is 122 cm³/mol. The summed E-state index contributed by atoms with van der Waals surface area (Å²) in [6.45, 7) is 6.75. The van der Waals surface area contributed by atoms with Crippen LogP contribution < -0.4 is 4.90 Å². The van der Waals surface area contributed by atoms with Gasteiger partial charge in [0.25, 0.3) is 5.91 Å². The number of alkyl halides is 3. The molecular formula is C22H24F3N5O4S. The largest absolute Gasteiger partial charge is 0.490 e. The topological polar surface area (TPSA) is 100 Å². The van der Waals surface area contributed by atoms with Crippen LogP contribution in [0.2, 0.25) is 0 Å². The first-order chi connectivity index (χ1) is 16.6. The monoisotopic (exact) mass is 511 g/mol. The number of ether oxygens (including phenoxy) is 1. The van der Waals surface area contributed by atoms with Crippen molar-refractivity contribution in [2.45, 2.75) is 25.4 Å². The number of fused-ring (bicyclic) bond motifs is 1. The molecule has 2 aliphatic rings. The first-order valence-electron chi connectivity index (χ1n) is 11.0. The van der Waals surface area contributed by atoms with Gasteiger partial charge in [-0.1, -0.05) is 0 Å². The molecule has 188 valence electrons. The lowest BCUT2D eigenvalue weighted by molar-refractivity contribution is -0.192. The van der Waals surface area contributed by atoms with Crippen LogP contribution in [0.3, 0.4) is 0 Å². The maximum atomic E-state index is 12.8. The summed E-state index contributed by atoms with van der Waals surface area (Å²) >= 11 is 1.52. The molecule has 1 amide bonds. The van der Waals surface area contributed by atoms with E-state index in [1.807, 2.05) is 40.0 Å². The third-order valence-corrected chi connectivity index (χ3v) is 6.85. The quantitative estimate of drug-likeness (QED) is 0.577. The number of halogens is 3. The SMILES string of the molecule is Cc1ccsc1C(=O)N1CCC(c2nc3ccc(N4CCOCC4)cn3n2)C1.O=C(O)C(F)(F)F. The van der Waals surface area contributed by atoms with E-state index in [1.54, 1.807) is 0 Å². The van der Waals surface area contributed by atoms with Gasteiger partial charge in [0.15, 0.2) is 11.5 Å². The van der Waals surface area contributed by atoms with Crippen molar-refractivity contribution >= 4 is 34.5 Å². The highest BCUT2D eigenvalue weighted by Crippen LogP contribution is 2.29. The van der Waals surface area contributed by atoms with Crippen LogP contribution in [0.1, 0.15) is 33.4 Å². The number of aryl methyl sites for hydroxylation is 1. The van der Waals surface area contributed by atoms with Crippen LogP contribution in [0.5, 0.6) is 0 Å². The first-order valence-corrected chi connectivity index (χ1v) is 11.8. The molecule has 35 heavy (non-hydrogen) atoms. The van der Waals surface area contributed by atoms with Gasteiger partial charge in [-0.05, 0) is 42.5 Å². The minimum absolute atomic E-state index is 0.133. The van der Waals surface area contributed by atoms with E-state index in [1.165, 1.54) is 11.3 Å². The fraction of sp³-hybridized carbons (Fsp3) is 0.455. The average Bonchev–Trinajstić information content (AvgIpc) is 3.57. The Kier molecular flexibility index (Phi) is 7.26. The zero-order chi connectivity index (χ0) is 25.2. The van der Waals surface area contributed by atoms with Crippen LogP contribution in [0.4, 0.5) is 18.9 Å². The summed E-state index contributed by atoms with van der Waals surface area (Å²) in [5.41, 5.74) is 3.05. The van der Waals surface area contributed by atoms with E-state index in [9.17, 15) is 18.0 Å². The molecule has 0 aromatic carbocycles. The van der Waals surface area contributed by atoms with Gasteiger partial charge in [0.1, 0.15) is 0 Å². The van der Waals surface area contributed by atoms with Gasteiger partial charge in [0.05, 0.1) is 30.0 Å². The summed E-state index contributed by atoms with van der Waals surface area (Å²) in [6, 6.07) is 6.12. The van der Waals surface area contributed by atoms with Gasteiger partial charge >= 0.3 is 12.1 Å². The standard InChI is InChI=1S/C20H23N5O2S.C2HF3O2/c1-14-5-11-28-18(14)20(26)24-6-4-15(12-24)19-21-17-3-2-16(13-25(17)22-19)23-7-9-27-10-8-23;3-2(4,5)1(6)7/h2-3,5,11,13,15H,4,6-10,12H2,1H3;(H,6,7). The zero-order valence-electron chi connectivity index (χ0n) is 18.9. The van der Waals surface area contributed by atoms with Crippen LogP contribution in [-0.4, -0.2) is 82.1 Å². The lowest BCUT2D eigenvalue weighted by Crippen LogP contribution is -2.36. The third kappa shape index (κ3) is 5.73. The number of aromatic nitrogens is 3. The number of amides is 1. The molecule has 1 N–H and O–H groups in total. The fourth-order valence-electron chi connectivity index (χ4n) is 3.96. The molecule has 0 saturated carbocycles. The van der Waals surface area contributed by atoms with E-state index < -0.39 is 12.1 Å². The maximum absolute atomic E-state index is 12.8. The van der Waals surface area contributed by atoms with E-state index >= 15 is 0 Å². The molecule has 0 radical (unpaired) electrons. The summed E-state index contributed by atoms with van der Waals surface area (Å²) in [5.74, 6) is -1.60. The number of morpholine rings is 1. The van der Waals surface area contributed by atoms with Crippen molar-refractivity contribution in [1.82, 2.24) is 19.5 Å². The number of carbonyl (C=O) groups excluding carboxylic acids is 1. The molecule has 1 unspecified atom stereocenters. The Morgan fingerprint density at radius 2 is 1.89 bits per heavy atom. The van der Waals surface area contributed by atoms with Crippen molar-refractivity contribution in [2.24, 2.45) is 0 Å². The van der Waals surface area contributed by atoms with Crippen LogP contribution in [0.15, 0.2) is 29.8 Å². The van der Waals surface area contributed by atoms with Crippen LogP contribution in [0, 0.1) is 6.92 Å². The third-order valence-electron chi connectivity index (χ3n) is 5.85. The molecule has 0 aliphatic carbocycles. The molecule has 1 atom stereocenters. The van der Waals surface area contributed by atoms with Gasteiger partial charge in [0, 0.05) is 32.1 Å². The number of carbonyl (C=O) groups is 2. The number of carboxylic acids is 1. The smallest absolute Gasteiger partial charge is 0.475 e. The highest BCUT2D eigenvalue weighted by atomic mass is 32.1. The molecule has 2 saturated heterocycles. The van der Waals surface area contributed by atoms with Crippen molar-refractivity contribution in [3.05, 3.63) is 46.0 Å². The highest BCUT2D eigenvalue weighted by molar-refractivity contribution is 7.12. The predicted octanol–water partition coefficient (Wildman–Crippen LogP) is 3.20. The van der Waals surface area contributed by atoms with Gasteiger partial charge in [-0.3, -0.25) is 4.79 Å². The van der Waals surface area contributed by atoms with Crippen molar-refractivity contribution < 1.29 is 32.6 Å². The van der Waals surface area contributed by atoms with Crippen LogP contribution in [0.25, 0.3) is 5.65 Å². The molecule has 5 heterocycles. The molecule has 3 aromatic heterocycles. The summed E-state index contributed by atoms with van der Waals surface area (Å²) in [7, 11) is 0. The van der Waals surface area contributed by atoms with Gasteiger partial charge in [-0.25, -0.2) is 14.3 Å². The second-order valence-electron chi connectivity index (χ2n) is 8.23. The number of carboxylic acid groups (broad SMARTS) is 1. The van der Waals surface area contributed by atoms with Crippen molar-refractivity contribution in [1.29, 1.82) is 0 Å². The number of thiophene rings is 1. The Hall–Kier alpha value is -3.19. The minimum atomic E-state index is -5.08. The second kappa shape index (κ2) is 10.2. The lowest BCUT2D eigenvalue weighted by atomic mass is 10.1. The van der Waals surface area contributed by atoms with E-state index in [0.717, 1.165) is 66.9 Å². The van der Waals surface area contributed by atoms with Gasteiger partial charge in [-0.2, -0.15) is 18.3 Å². The molecule has 3 aromatic rings. The number of hydrogen-bond acceptors (Lipinski definition) is 7. The Balaban J connectivity index is 0.000000364. The molecular weight excluding hydrogens is 487 g/mol. The molecule has 0 spiro atoms.